The molecule has 1 N–H and O–H groups in total. The first-order valence-corrected chi connectivity index (χ1v) is 8.24. The van der Waals surface area contributed by atoms with Crippen molar-refractivity contribution in [3.8, 4) is 0 Å². The zero-order valence-electron chi connectivity index (χ0n) is 12.8. The smallest absolute Gasteiger partial charge is 0.237 e. The minimum Gasteiger partial charge on any atom is -0.331 e. The van der Waals surface area contributed by atoms with Crippen LogP contribution in [0.1, 0.15) is 49.0 Å². The van der Waals surface area contributed by atoms with Gasteiger partial charge in [0.05, 0.1) is 12.6 Å². The normalized spacial score (nSPS) is 22.2. The first-order valence-electron chi connectivity index (χ1n) is 8.24. The van der Waals surface area contributed by atoms with Crippen LogP contribution in [-0.4, -0.2) is 46.7 Å². The molecule has 0 aromatic carbocycles. The van der Waals surface area contributed by atoms with Crippen molar-refractivity contribution in [2.75, 3.05) is 13.1 Å². The number of Topliss-reactive ketones (excluding diaryl/α,β-unsaturated/α-hetero) is 1. The number of amides is 1. The van der Waals surface area contributed by atoms with Gasteiger partial charge in [-0.1, -0.05) is 25.3 Å². The van der Waals surface area contributed by atoms with Gasteiger partial charge in [-0.15, -0.1) is 0 Å². The van der Waals surface area contributed by atoms with Crippen LogP contribution >= 0.6 is 0 Å². The van der Waals surface area contributed by atoms with E-state index in [-0.39, 0.29) is 17.7 Å². The minimum atomic E-state index is -0.324. The van der Waals surface area contributed by atoms with E-state index in [9.17, 15) is 9.59 Å². The van der Waals surface area contributed by atoms with Crippen LogP contribution in [0.4, 0.5) is 0 Å². The summed E-state index contributed by atoms with van der Waals surface area (Å²) in [4.78, 5) is 30.5. The van der Waals surface area contributed by atoms with Crippen LogP contribution < -0.4 is 5.32 Å². The highest BCUT2D eigenvalue weighted by molar-refractivity contribution is 6.01. The molecule has 1 aromatic rings. The fourth-order valence-corrected chi connectivity index (χ4v) is 3.28. The number of rotatable bonds is 5. The lowest BCUT2D eigenvalue weighted by Gasteiger charge is -2.40. The molecule has 1 saturated heterocycles. The van der Waals surface area contributed by atoms with E-state index < -0.39 is 0 Å². The predicted octanol–water partition coefficient (Wildman–Crippen LogP) is 1.79. The Morgan fingerprint density at radius 3 is 2.64 bits per heavy atom. The Morgan fingerprint density at radius 1 is 1.18 bits per heavy atom. The van der Waals surface area contributed by atoms with Crippen molar-refractivity contribution < 1.29 is 9.59 Å². The maximum Gasteiger partial charge on any atom is 0.237 e. The summed E-state index contributed by atoms with van der Waals surface area (Å²) < 4.78 is 0. The van der Waals surface area contributed by atoms with Crippen molar-refractivity contribution in [1.29, 1.82) is 0 Å². The maximum absolute atomic E-state index is 12.4. The third kappa shape index (κ3) is 3.35. The average Bonchev–Trinajstić information content (AvgIpc) is 2.54. The van der Waals surface area contributed by atoms with E-state index in [1.165, 1.54) is 19.3 Å². The molecule has 22 heavy (non-hydrogen) atoms. The van der Waals surface area contributed by atoms with Gasteiger partial charge >= 0.3 is 0 Å². The number of pyridine rings is 1. The largest absolute Gasteiger partial charge is 0.331 e. The highest BCUT2D eigenvalue weighted by Crippen LogP contribution is 2.21. The molecule has 1 aliphatic heterocycles. The number of hydrogen-bond acceptors (Lipinski definition) is 4. The molecular weight excluding hydrogens is 278 g/mol. The first-order chi connectivity index (χ1) is 10.8. The number of hydrogen-bond donors (Lipinski definition) is 1. The number of aromatic nitrogens is 1. The Labute approximate surface area is 131 Å². The van der Waals surface area contributed by atoms with E-state index in [0.29, 0.717) is 24.8 Å². The maximum atomic E-state index is 12.4. The quantitative estimate of drug-likeness (QED) is 0.842. The Hall–Kier alpha value is -1.75. The number of likely N-dealkylation sites (tertiary alicyclic amines) is 1. The Kier molecular flexibility index (Phi) is 4.83. The molecule has 0 bridgehead atoms. The van der Waals surface area contributed by atoms with Crippen LogP contribution in [0, 0.1) is 0 Å². The summed E-state index contributed by atoms with van der Waals surface area (Å²) in [7, 11) is 0. The van der Waals surface area contributed by atoms with Crippen molar-refractivity contribution in [3.05, 3.63) is 30.1 Å². The molecule has 0 radical (unpaired) electrons. The molecular formula is C17H23N3O2. The van der Waals surface area contributed by atoms with Gasteiger partial charge in [0.1, 0.15) is 5.69 Å². The zero-order chi connectivity index (χ0) is 15.4. The summed E-state index contributed by atoms with van der Waals surface area (Å²) in [6.07, 6.45) is 8.46. The summed E-state index contributed by atoms with van der Waals surface area (Å²) in [5, 5.41) is 3.35. The van der Waals surface area contributed by atoms with E-state index in [2.05, 4.69) is 10.3 Å². The zero-order valence-corrected chi connectivity index (χ0v) is 12.8. The van der Waals surface area contributed by atoms with Gasteiger partial charge < -0.3 is 10.2 Å². The molecule has 0 spiro atoms. The van der Waals surface area contributed by atoms with E-state index in [4.69, 9.17) is 0 Å². The van der Waals surface area contributed by atoms with Crippen molar-refractivity contribution in [2.24, 2.45) is 0 Å². The lowest BCUT2D eigenvalue weighted by atomic mass is 9.95. The SMILES string of the molecule is O=C(c1ccccn1)[C@@H]1CCN1C(=O)CNC1CCCCC1. The topological polar surface area (TPSA) is 62.3 Å². The summed E-state index contributed by atoms with van der Waals surface area (Å²) in [5.41, 5.74) is 0.449. The molecule has 1 atom stereocenters. The van der Waals surface area contributed by atoms with Crippen LogP contribution in [0.15, 0.2) is 24.4 Å². The lowest BCUT2D eigenvalue weighted by molar-refractivity contribution is -0.136. The molecule has 1 amide bonds. The first kappa shape index (κ1) is 15.2. The van der Waals surface area contributed by atoms with Crippen molar-refractivity contribution >= 4 is 11.7 Å². The van der Waals surface area contributed by atoms with Gasteiger partial charge in [-0.05, 0) is 31.4 Å². The molecule has 2 aliphatic rings. The number of ketones is 1. The van der Waals surface area contributed by atoms with Gasteiger partial charge in [-0.3, -0.25) is 14.6 Å². The third-order valence-corrected chi connectivity index (χ3v) is 4.71. The van der Waals surface area contributed by atoms with Gasteiger partial charge in [0.25, 0.3) is 0 Å². The fourth-order valence-electron chi connectivity index (χ4n) is 3.28. The summed E-state index contributed by atoms with van der Waals surface area (Å²) in [6.45, 7) is 1.02. The van der Waals surface area contributed by atoms with Crippen LogP contribution in [0.5, 0.6) is 0 Å². The summed E-state index contributed by atoms with van der Waals surface area (Å²) in [6, 6.07) is 5.44. The molecule has 0 unspecified atom stereocenters. The van der Waals surface area contributed by atoms with Crippen LogP contribution in [0.3, 0.4) is 0 Å². The van der Waals surface area contributed by atoms with Gasteiger partial charge in [-0.2, -0.15) is 0 Å². The van der Waals surface area contributed by atoms with Crippen molar-refractivity contribution in [3.63, 3.8) is 0 Å². The number of nitrogens with zero attached hydrogens (tertiary/aromatic N) is 2. The van der Waals surface area contributed by atoms with Gasteiger partial charge in [0, 0.05) is 18.8 Å². The van der Waals surface area contributed by atoms with Crippen LogP contribution in [0.2, 0.25) is 0 Å². The fraction of sp³-hybridized carbons (Fsp3) is 0.588. The van der Waals surface area contributed by atoms with Gasteiger partial charge in [-0.25, -0.2) is 0 Å². The van der Waals surface area contributed by atoms with E-state index >= 15 is 0 Å². The molecule has 2 heterocycles. The highest BCUT2D eigenvalue weighted by Gasteiger charge is 2.38. The molecule has 5 nitrogen and oxygen atoms in total. The van der Waals surface area contributed by atoms with E-state index in [0.717, 1.165) is 19.3 Å². The third-order valence-electron chi connectivity index (χ3n) is 4.71. The molecule has 1 saturated carbocycles. The highest BCUT2D eigenvalue weighted by atomic mass is 16.2. The monoisotopic (exact) mass is 301 g/mol. The average molecular weight is 301 g/mol. The van der Waals surface area contributed by atoms with Crippen molar-refractivity contribution in [2.45, 2.75) is 50.6 Å². The second kappa shape index (κ2) is 7.01. The van der Waals surface area contributed by atoms with Gasteiger partial charge in [0.15, 0.2) is 0 Å². The Balaban J connectivity index is 1.51. The standard InChI is InChI=1S/C17H23N3O2/c21-16(12-19-13-6-2-1-3-7-13)20-11-9-15(20)17(22)14-8-4-5-10-18-14/h4-5,8,10,13,15,19H,1-3,6-7,9,11-12H2/t15-/m0/s1. The molecule has 1 aromatic heterocycles. The summed E-state index contributed by atoms with van der Waals surface area (Å²) in [5.74, 6) is -0.0102. The summed E-state index contributed by atoms with van der Waals surface area (Å²) >= 11 is 0. The molecule has 3 rings (SSSR count). The second-order valence-electron chi connectivity index (χ2n) is 6.19. The van der Waals surface area contributed by atoms with Crippen LogP contribution in [0.25, 0.3) is 0 Å². The van der Waals surface area contributed by atoms with E-state index in [1.54, 1.807) is 29.3 Å². The second-order valence-corrected chi connectivity index (χ2v) is 6.19. The number of carbonyl (C=O) groups is 2. The Bertz CT molecular complexity index is 526. The predicted molar refractivity (Wildman–Crippen MR) is 83.6 cm³/mol. The Morgan fingerprint density at radius 2 is 2.00 bits per heavy atom. The minimum absolute atomic E-state index is 0.0334. The lowest BCUT2D eigenvalue weighted by Crippen LogP contribution is -2.57. The van der Waals surface area contributed by atoms with Crippen molar-refractivity contribution in [1.82, 2.24) is 15.2 Å². The number of carbonyl (C=O) groups excluding carboxylic acids is 2. The molecule has 5 heteroatoms. The number of nitrogens with one attached hydrogen (secondary N) is 1. The van der Waals surface area contributed by atoms with E-state index in [1.807, 2.05) is 0 Å². The molecule has 1 aliphatic carbocycles. The van der Waals surface area contributed by atoms with Gasteiger partial charge in [0.2, 0.25) is 11.7 Å². The van der Waals surface area contributed by atoms with Crippen LogP contribution in [-0.2, 0) is 4.79 Å². The molecule has 2 fully saturated rings. The molecule has 118 valence electrons.